The minimum atomic E-state index is 0. The first-order chi connectivity index (χ1) is 9.81. The number of para-hydroxylation sites is 2. The molecular formula is C16H14CoN4. The van der Waals surface area contributed by atoms with Gasteiger partial charge in [-0.3, -0.25) is 0 Å². The summed E-state index contributed by atoms with van der Waals surface area (Å²) < 4.78 is 0. The maximum Gasteiger partial charge on any atom is 0.157 e. The van der Waals surface area contributed by atoms with Crippen molar-refractivity contribution in [2.24, 2.45) is 0 Å². The minimum absolute atomic E-state index is 0. The van der Waals surface area contributed by atoms with Gasteiger partial charge in [0.15, 0.2) is 5.82 Å². The Bertz CT molecular complexity index is 789. The molecule has 0 unspecified atom stereocenters. The van der Waals surface area contributed by atoms with Crippen LogP contribution < -0.4 is 0 Å². The van der Waals surface area contributed by atoms with E-state index < -0.39 is 0 Å². The van der Waals surface area contributed by atoms with E-state index in [9.17, 15) is 0 Å². The smallest absolute Gasteiger partial charge is 0.157 e. The van der Waals surface area contributed by atoms with Crippen LogP contribution in [-0.2, 0) is 23.2 Å². The number of fused-ring (bicyclic) bond motifs is 2. The van der Waals surface area contributed by atoms with Crippen molar-refractivity contribution in [1.82, 2.24) is 15.0 Å². The molecule has 1 aliphatic rings. The summed E-state index contributed by atoms with van der Waals surface area (Å²) in [4.78, 5) is 12.5. The fraction of sp³-hybridized carbons (Fsp3) is 0.188. The first-order valence-corrected chi connectivity index (χ1v) is 6.84. The first-order valence-electron chi connectivity index (χ1n) is 6.84. The number of nitrogens with zero attached hydrogens (tertiary/aromatic N) is 2. The standard InChI is InChI=1S/C16H14N4.Co/c17-11-5-3-4-10-8-9-14(18-15(10)11)16-19-12-6-1-2-7-13(12)20-16;/h1-2,6-9,17H,3-5H2,(H,19,20);. The molecule has 4 rings (SSSR count). The Hall–Kier alpha value is -1.98. The molecule has 0 amide bonds. The van der Waals surface area contributed by atoms with Crippen LogP contribution in [0.5, 0.6) is 0 Å². The van der Waals surface area contributed by atoms with E-state index >= 15 is 0 Å². The monoisotopic (exact) mass is 321 g/mol. The molecule has 1 aliphatic carbocycles. The maximum atomic E-state index is 8.04. The fourth-order valence-electron chi connectivity index (χ4n) is 2.73. The van der Waals surface area contributed by atoms with E-state index in [-0.39, 0.29) is 16.8 Å². The maximum absolute atomic E-state index is 8.04. The van der Waals surface area contributed by atoms with Crippen molar-refractivity contribution in [1.29, 1.82) is 5.41 Å². The third-order valence-corrected chi connectivity index (χ3v) is 3.77. The average molecular weight is 321 g/mol. The van der Waals surface area contributed by atoms with Gasteiger partial charge in [-0.05, 0) is 43.0 Å². The van der Waals surface area contributed by atoms with Crippen LogP contribution in [0.4, 0.5) is 0 Å². The number of benzene rings is 1. The van der Waals surface area contributed by atoms with Gasteiger partial charge in [0.05, 0.1) is 22.4 Å². The molecule has 5 heteroatoms. The molecule has 1 radical (unpaired) electrons. The average Bonchev–Trinajstić information content (AvgIpc) is 2.91. The molecule has 0 fully saturated rings. The van der Waals surface area contributed by atoms with E-state index in [0.29, 0.717) is 5.71 Å². The van der Waals surface area contributed by atoms with Gasteiger partial charge < -0.3 is 10.4 Å². The summed E-state index contributed by atoms with van der Waals surface area (Å²) in [6.45, 7) is 0. The van der Waals surface area contributed by atoms with Crippen molar-refractivity contribution >= 4 is 16.7 Å². The zero-order valence-corrected chi connectivity index (χ0v) is 12.4. The summed E-state index contributed by atoms with van der Waals surface area (Å²) in [5.41, 5.74) is 5.43. The van der Waals surface area contributed by atoms with Gasteiger partial charge in [-0.15, -0.1) is 0 Å². The van der Waals surface area contributed by atoms with Gasteiger partial charge in [0, 0.05) is 16.8 Å². The number of aromatic amines is 1. The number of aromatic nitrogens is 3. The van der Waals surface area contributed by atoms with Gasteiger partial charge in [0.2, 0.25) is 0 Å². The molecule has 1 aromatic carbocycles. The Morgan fingerprint density at radius 1 is 1.00 bits per heavy atom. The topological polar surface area (TPSA) is 65.4 Å². The molecule has 107 valence electrons. The molecule has 2 heterocycles. The fourth-order valence-corrected chi connectivity index (χ4v) is 2.73. The van der Waals surface area contributed by atoms with Crippen LogP contribution in [-0.4, -0.2) is 20.7 Å². The van der Waals surface area contributed by atoms with Crippen molar-refractivity contribution in [3.8, 4) is 11.5 Å². The van der Waals surface area contributed by atoms with E-state index in [1.54, 1.807) is 0 Å². The zero-order chi connectivity index (χ0) is 13.5. The van der Waals surface area contributed by atoms with E-state index in [1.165, 1.54) is 5.56 Å². The van der Waals surface area contributed by atoms with Crippen molar-refractivity contribution in [3.05, 3.63) is 47.7 Å². The molecule has 4 nitrogen and oxygen atoms in total. The Balaban J connectivity index is 0.00000132. The number of nitrogens with one attached hydrogen (secondary N) is 2. The second kappa shape index (κ2) is 5.42. The predicted molar refractivity (Wildman–Crippen MR) is 79.1 cm³/mol. The second-order valence-corrected chi connectivity index (χ2v) is 5.14. The summed E-state index contributed by atoms with van der Waals surface area (Å²) in [5.74, 6) is 0.771. The number of aryl methyl sites for hydroxylation is 1. The van der Waals surface area contributed by atoms with E-state index in [4.69, 9.17) is 5.41 Å². The summed E-state index contributed by atoms with van der Waals surface area (Å²) in [6.07, 6.45) is 2.90. The molecule has 0 spiro atoms. The van der Waals surface area contributed by atoms with Crippen molar-refractivity contribution in [2.75, 3.05) is 0 Å². The van der Waals surface area contributed by atoms with Crippen molar-refractivity contribution in [3.63, 3.8) is 0 Å². The summed E-state index contributed by atoms with van der Waals surface area (Å²) in [5, 5.41) is 8.04. The quantitative estimate of drug-likeness (QED) is 0.722. The normalized spacial score (nSPS) is 13.8. The number of H-pyrrole nitrogens is 1. The Morgan fingerprint density at radius 3 is 2.71 bits per heavy atom. The molecule has 0 saturated heterocycles. The van der Waals surface area contributed by atoms with Crippen LogP contribution in [0.1, 0.15) is 24.1 Å². The number of rotatable bonds is 1. The number of pyridine rings is 1. The van der Waals surface area contributed by atoms with Gasteiger partial charge in [-0.2, -0.15) is 0 Å². The Labute approximate surface area is 132 Å². The molecule has 0 bridgehead atoms. The van der Waals surface area contributed by atoms with Gasteiger partial charge in [0.25, 0.3) is 0 Å². The van der Waals surface area contributed by atoms with Gasteiger partial charge in [-0.25, -0.2) is 9.97 Å². The largest absolute Gasteiger partial charge is 0.337 e. The molecule has 0 atom stereocenters. The molecular weight excluding hydrogens is 307 g/mol. The number of imidazole rings is 1. The summed E-state index contributed by atoms with van der Waals surface area (Å²) in [7, 11) is 0. The zero-order valence-electron chi connectivity index (χ0n) is 11.3. The van der Waals surface area contributed by atoms with Gasteiger partial charge >= 0.3 is 0 Å². The molecule has 3 aromatic rings. The van der Waals surface area contributed by atoms with E-state index in [2.05, 4.69) is 21.0 Å². The van der Waals surface area contributed by atoms with Crippen LogP contribution in [0.15, 0.2) is 36.4 Å². The summed E-state index contributed by atoms with van der Waals surface area (Å²) in [6, 6.07) is 12.0. The van der Waals surface area contributed by atoms with Crippen molar-refractivity contribution in [2.45, 2.75) is 19.3 Å². The van der Waals surface area contributed by atoms with Crippen LogP contribution in [0.25, 0.3) is 22.6 Å². The SMILES string of the molecule is N=C1CCCc2ccc(-c3nc4ccccc4[nH]3)nc21.[Co]. The van der Waals surface area contributed by atoms with Crippen LogP contribution in [0.2, 0.25) is 0 Å². The van der Waals surface area contributed by atoms with Crippen molar-refractivity contribution < 1.29 is 16.8 Å². The van der Waals surface area contributed by atoms with Gasteiger partial charge in [-0.1, -0.05) is 18.2 Å². The summed E-state index contributed by atoms with van der Waals surface area (Å²) >= 11 is 0. The number of hydrogen-bond donors (Lipinski definition) is 2. The van der Waals surface area contributed by atoms with Crippen LogP contribution in [0, 0.1) is 5.41 Å². The van der Waals surface area contributed by atoms with Crippen LogP contribution >= 0.6 is 0 Å². The first kappa shape index (κ1) is 14.0. The van der Waals surface area contributed by atoms with Gasteiger partial charge in [0.1, 0.15) is 5.69 Å². The molecule has 0 aliphatic heterocycles. The second-order valence-electron chi connectivity index (χ2n) is 5.14. The third-order valence-electron chi connectivity index (χ3n) is 3.77. The predicted octanol–water partition coefficient (Wildman–Crippen LogP) is 3.33. The minimum Gasteiger partial charge on any atom is -0.337 e. The van der Waals surface area contributed by atoms with E-state index in [1.807, 2.05) is 30.3 Å². The molecule has 2 aromatic heterocycles. The Morgan fingerprint density at radius 2 is 1.86 bits per heavy atom. The van der Waals surface area contributed by atoms with E-state index in [0.717, 1.165) is 47.5 Å². The van der Waals surface area contributed by atoms with Crippen LogP contribution in [0.3, 0.4) is 0 Å². The third kappa shape index (κ3) is 2.39. The molecule has 21 heavy (non-hydrogen) atoms. The molecule has 2 N–H and O–H groups in total. The Kier molecular flexibility index (Phi) is 3.61. The number of hydrogen-bond acceptors (Lipinski definition) is 3. The molecule has 0 saturated carbocycles.